The summed E-state index contributed by atoms with van der Waals surface area (Å²) in [6.07, 6.45) is 2.43. The molecule has 6 heteroatoms. The average Bonchev–Trinajstić information content (AvgIpc) is 2.54. The number of nitrogens with zero attached hydrogens (tertiary/aromatic N) is 1. The summed E-state index contributed by atoms with van der Waals surface area (Å²) in [5.74, 6) is 2.63. The Morgan fingerprint density at radius 1 is 1.17 bits per heavy atom. The molecule has 1 aromatic rings. The van der Waals surface area contributed by atoms with Gasteiger partial charge in [0.2, 0.25) is 5.75 Å². The summed E-state index contributed by atoms with van der Waals surface area (Å²) in [6.45, 7) is 5.14. The zero-order chi connectivity index (χ0) is 16.1. The molecule has 0 bridgehead atoms. The lowest BCUT2D eigenvalue weighted by molar-refractivity contribution is 0.154. The Kier molecular flexibility index (Phi) is 7.95. The number of piperidine rings is 1. The minimum Gasteiger partial charge on any atom is -0.493 e. The van der Waals surface area contributed by atoms with Gasteiger partial charge < -0.3 is 19.9 Å². The summed E-state index contributed by atoms with van der Waals surface area (Å²) in [5.41, 5.74) is 7.24. The quantitative estimate of drug-likeness (QED) is 0.859. The molecule has 2 atom stereocenters. The van der Waals surface area contributed by atoms with Crippen molar-refractivity contribution in [1.82, 2.24) is 4.90 Å². The number of rotatable bonds is 6. The molecule has 0 saturated carbocycles. The first-order valence-electron chi connectivity index (χ1n) is 7.85. The van der Waals surface area contributed by atoms with E-state index in [-0.39, 0.29) is 18.4 Å². The molecule has 1 fully saturated rings. The topological polar surface area (TPSA) is 57.0 Å². The van der Waals surface area contributed by atoms with Crippen molar-refractivity contribution in [3.63, 3.8) is 0 Å². The van der Waals surface area contributed by atoms with Crippen LogP contribution in [0.2, 0.25) is 0 Å². The predicted octanol–water partition coefficient (Wildman–Crippen LogP) is 2.69. The van der Waals surface area contributed by atoms with Gasteiger partial charge in [-0.25, -0.2) is 0 Å². The Bertz CT molecular complexity index is 472. The van der Waals surface area contributed by atoms with Gasteiger partial charge in [0, 0.05) is 19.1 Å². The van der Waals surface area contributed by atoms with Crippen LogP contribution in [-0.4, -0.2) is 45.4 Å². The van der Waals surface area contributed by atoms with Crippen LogP contribution in [0.4, 0.5) is 0 Å². The molecule has 0 aromatic heterocycles. The van der Waals surface area contributed by atoms with Gasteiger partial charge in [0.25, 0.3) is 0 Å². The monoisotopic (exact) mass is 344 g/mol. The summed E-state index contributed by atoms with van der Waals surface area (Å²) in [4.78, 5) is 2.46. The summed E-state index contributed by atoms with van der Waals surface area (Å²) in [5, 5.41) is 0. The summed E-state index contributed by atoms with van der Waals surface area (Å²) < 4.78 is 16.2. The fourth-order valence-electron chi connectivity index (χ4n) is 3.15. The Labute approximate surface area is 145 Å². The van der Waals surface area contributed by atoms with Crippen LogP contribution in [0, 0.1) is 5.92 Å². The first kappa shape index (κ1) is 19.9. The molecule has 0 radical (unpaired) electrons. The highest BCUT2D eigenvalue weighted by atomic mass is 35.5. The van der Waals surface area contributed by atoms with Crippen LogP contribution in [-0.2, 0) is 6.54 Å². The van der Waals surface area contributed by atoms with Gasteiger partial charge in [-0.05, 0) is 49.9 Å². The van der Waals surface area contributed by atoms with E-state index in [0.717, 1.165) is 19.6 Å². The van der Waals surface area contributed by atoms with Gasteiger partial charge in [-0.2, -0.15) is 0 Å². The Hall–Kier alpha value is -1.17. The molecular formula is C17H29ClN2O3. The van der Waals surface area contributed by atoms with Crippen molar-refractivity contribution in [2.24, 2.45) is 11.7 Å². The third-order valence-corrected chi connectivity index (χ3v) is 4.42. The Morgan fingerprint density at radius 3 is 2.26 bits per heavy atom. The fourth-order valence-corrected chi connectivity index (χ4v) is 3.15. The van der Waals surface area contributed by atoms with Gasteiger partial charge in [0.05, 0.1) is 21.3 Å². The van der Waals surface area contributed by atoms with Gasteiger partial charge in [0.1, 0.15) is 0 Å². The lowest BCUT2D eigenvalue weighted by atomic mass is 9.92. The molecule has 2 rings (SSSR count). The van der Waals surface area contributed by atoms with E-state index in [1.54, 1.807) is 21.3 Å². The number of benzene rings is 1. The maximum absolute atomic E-state index is 6.07. The van der Waals surface area contributed by atoms with E-state index >= 15 is 0 Å². The van der Waals surface area contributed by atoms with Crippen LogP contribution in [0.25, 0.3) is 0 Å². The van der Waals surface area contributed by atoms with Gasteiger partial charge >= 0.3 is 0 Å². The van der Waals surface area contributed by atoms with Crippen molar-refractivity contribution in [3.8, 4) is 17.2 Å². The maximum Gasteiger partial charge on any atom is 0.203 e. The molecule has 23 heavy (non-hydrogen) atoms. The van der Waals surface area contributed by atoms with Crippen molar-refractivity contribution in [3.05, 3.63) is 17.7 Å². The number of likely N-dealkylation sites (tertiary alicyclic amines) is 1. The average molecular weight is 345 g/mol. The summed E-state index contributed by atoms with van der Waals surface area (Å²) >= 11 is 0. The number of ether oxygens (including phenoxy) is 3. The number of hydrogen-bond acceptors (Lipinski definition) is 5. The largest absolute Gasteiger partial charge is 0.493 e. The van der Waals surface area contributed by atoms with Gasteiger partial charge in [-0.1, -0.05) is 0 Å². The van der Waals surface area contributed by atoms with Crippen LogP contribution in [0.3, 0.4) is 0 Å². The van der Waals surface area contributed by atoms with Crippen LogP contribution in [0.5, 0.6) is 17.2 Å². The molecule has 1 aliphatic heterocycles. The van der Waals surface area contributed by atoms with Gasteiger partial charge in [-0.3, -0.25) is 4.90 Å². The van der Waals surface area contributed by atoms with Gasteiger partial charge in [0.15, 0.2) is 11.5 Å². The highest BCUT2D eigenvalue weighted by Crippen LogP contribution is 2.38. The normalized spacial score (nSPS) is 19.6. The lowest BCUT2D eigenvalue weighted by Gasteiger charge is -2.34. The van der Waals surface area contributed by atoms with Crippen LogP contribution < -0.4 is 19.9 Å². The van der Waals surface area contributed by atoms with Gasteiger partial charge in [-0.15, -0.1) is 12.4 Å². The second-order valence-corrected chi connectivity index (χ2v) is 6.03. The number of hydrogen-bond donors (Lipinski definition) is 1. The standard InChI is InChI=1S/C17H28N2O3.ClH/c1-12(18)14-6-5-7-19(11-14)10-13-8-15(20-2)17(22-4)16(9-13)21-3;/h8-9,12,14H,5-7,10-11,18H2,1-4H3;1H. The Morgan fingerprint density at radius 2 is 1.78 bits per heavy atom. The van der Waals surface area contributed by atoms with E-state index in [0.29, 0.717) is 23.2 Å². The first-order valence-corrected chi connectivity index (χ1v) is 7.85. The molecule has 1 saturated heterocycles. The number of nitrogens with two attached hydrogens (primary N) is 1. The van der Waals surface area contributed by atoms with Crippen LogP contribution in [0.1, 0.15) is 25.3 Å². The van der Waals surface area contributed by atoms with Crippen molar-refractivity contribution in [1.29, 1.82) is 0 Å². The van der Waals surface area contributed by atoms with E-state index in [2.05, 4.69) is 11.8 Å². The third kappa shape index (κ3) is 4.90. The molecule has 1 aromatic carbocycles. The lowest BCUT2D eigenvalue weighted by Crippen LogP contribution is -2.41. The minimum absolute atomic E-state index is 0. The van der Waals surface area contributed by atoms with Crippen molar-refractivity contribution < 1.29 is 14.2 Å². The summed E-state index contributed by atoms with van der Waals surface area (Å²) in [7, 11) is 4.92. The second kappa shape index (κ2) is 9.21. The molecule has 0 spiro atoms. The second-order valence-electron chi connectivity index (χ2n) is 6.03. The summed E-state index contributed by atoms with van der Waals surface area (Å²) in [6, 6.07) is 4.30. The van der Waals surface area contributed by atoms with E-state index in [1.807, 2.05) is 12.1 Å². The van der Waals surface area contributed by atoms with Crippen molar-refractivity contribution >= 4 is 12.4 Å². The molecule has 0 aliphatic carbocycles. The predicted molar refractivity (Wildman–Crippen MR) is 95.0 cm³/mol. The highest BCUT2D eigenvalue weighted by molar-refractivity contribution is 5.85. The molecule has 2 unspecified atom stereocenters. The minimum atomic E-state index is 0. The zero-order valence-corrected chi connectivity index (χ0v) is 15.3. The molecule has 1 heterocycles. The molecular weight excluding hydrogens is 316 g/mol. The van der Waals surface area contributed by atoms with Crippen molar-refractivity contribution in [2.45, 2.75) is 32.4 Å². The molecule has 0 amide bonds. The first-order chi connectivity index (χ1) is 10.6. The van der Waals surface area contributed by atoms with E-state index in [1.165, 1.54) is 18.4 Å². The highest BCUT2D eigenvalue weighted by Gasteiger charge is 2.23. The van der Waals surface area contributed by atoms with E-state index in [9.17, 15) is 0 Å². The molecule has 132 valence electrons. The number of halogens is 1. The van der Waals surface area contributed by atoms with E-state index in [4.69, 9.17) is 19.9 Å². The molecule has 1 aliphatic rings. The molecule has 5 nitrogen and oxygen atoms in total. The third-order valence-electron chi connectivity index (χ3n) is 4.42. The molecule has 2 N–H and O–H groups in total. The Balaban J connectivity index is 0.00000264. The van der Waals surface area contributed by atoms with Crippen LogP contribution in [0.15, 0.2) is 12.1 Å². The maximum atomic E-state index is 6.07. The SMILES string of the molecule is COc1cc(CN2CCCC(C(C)N)C2)cc(OC)c1OC.Cl. The fraction of sp³-hybridized carbons (Fsp3) is 0.647. The smallest absolute Gasteiger partial charge is 0.203 e. The van der Waals surface area contributed by atoms with E-state index < -0.39 is 0 Å². The van der Waals surface area contributed by atoms with Crippen LogP contribution >= 0.6 is 12.4 Å². The number of methoxy groups -OCH3 is 3. The van der Waals surface area contributed by atoms with Crippen molar-refractivity contribution in [2.75, 3.05) is 34.4 Å². The zero-order valence-electron chi connectivity index (χ0n) is 14.5.